The van der Waals surface area contributed by atoms with Crippen molar-refractivity contribution >= 4 is 5.91 Å². The topological polar surface area (TPSA) is 40.5 Å². The minimum Gasteiger partial charge on any atom is -0.389 e. The highest BCUT2D eigenvalue weighted by molar-refractivity contribution is 5.86. The van der Waals surface area contributed by atoms with Gasteiger partial charge in [0.05, 0.1) is 12.1 Å². The fraction of sp³-hybridized carbons (Fsp3) is 0.625. The lowest BCUT2D eigenvalue weighted by Crippen LogP contribution is -2.36. The van der Waals surface area contributed by atoms with Crippen molar-refractivity contribution in [2.45, 2.75) is 89.2 Å². The number of aliphatic hydroxyl groups is 1. The fourth-order valence-electron chi connectivity index (χ4n) is 3.83. The van der Waals surface area contributed by atoms with Gasteiger partial charge in [-0.1, -0.05) is 81.5 Å². The van der Waals surface area contributed by atoms with E-state index in [0.717, 1.165) is 51.4 Å². The van der Waals surface area contributed by atoms with Crippen molar-refractivity contribution in [3.63, 3.8) is 0 Å². The first-order valence-electron chi connectivity index (χ1n) is 11.0. The summed E-state index contributed by atoms with van der Waals surface area (Å²) in [7, 11) is 0. The van der Waals surface area contributed by atoms with E-state index in [-0.39, 0.29) is 0 Å². The monoisotopic (exact) mass is 407 g/mol. The maximum absolute atomic E-state index is 13.9. The quantitative estimate of drug-likeness (QED) is 0.345. The summed E-state index contributed by atoms with van der Waals surface area (Å²) < 4.78 is 27.8. The molecule has 1 aromatic carbocycles. The standard InChI is InChI=1S/C24H35F2NO2/c1-2-3-4-5-11-18-27-21(19-24(25,26)23(27)29)16-17-22(28)15-10-9-14-20-12-7-6-8-13-20/h6-8,12-13,16-17,21-22,28H,2-5,9-11,14-15,18-19H2,1H3/b17-16+/t21-,22-/m0/s1. The molecule has 1 aliphatic heterocycles. The molecule has 5 heteroatoms. The number of benzene rings is 1. The van der Waals surface area contributed by atoms with Crippen LogP contribution in [0, 0.1) is 0 Å². The Labute approximate surface area is 173 Å². The van der Waals surface area contributed by atoms with Crippen LogP contribution in [-0.4, -0.2) is 40.5 Å². The summed E-state index contributed by atoms with van der Waals surface area (Å²) in [5.74, 6) is -4.36. The van der Waals surface area contributed by atoms with E-state index in [0.29, 0.717) is 13.0 Å². The number of amides is 1. The Morgan fingerprint density at radius 1 is 1.14 bits per heavy atom. The van der Waals surface area contributed by atoms with Gasteiger partial charge in [0.1, 0.15) is 0 Å². The SMILES string of the molecule is CCCCCCCN1C(=O)C(F)(F)C[C@@H]1/C=C/[C@@H](O)CCCCc1ccccc1. The summed E-state index contributed by atoms with van der Waals surface area (Å²) in [4.78, 5) is 13.3. The highest BCUT2D eigenvalue weighted by Crippen LogP contribution is 2.34. The van der Waals surface area contributed by atoms with Crippen LogP contribution in [0.25, 0.3) is 0 Å². The van der Waals surface area contributed by atoms with E-state index in [4.69, 9.17) is 0 Å². The van der Waals surface area contributed by atoms with Crippen LogP contribution in [0.15, 0.2) is 42.5 Å². The molecule has 0 bridgehead atoms. The average Bonchev–Trinajstić information content (AvgIpc) is 2.93. The predicted molar refractivity (Wildman–Crippen MR) is 113 cm³/mol. The molecule has 0 unspecified atom stereocenters. The third-order valence-corrected chi connectivity index (χ3v) is 5.56. The molecule has 1 saturated heterocycles. The van der Waals surface area contributed by atoms with E-state index in [9.17, 15) is 18.7 Å². The molecule has 1 N–H and O–H groups in total. The van der Waals surface area contributed by atoms with Gasteiger partial charge in [-0.3, -0.25) is 4.79 Å². The Bertz CT molecular complexity index is 633. The van der Waals surface area contributed by atoms with E-state index < -0.39 is 30.4 Å². The van der Waals surface area contributed by atoms with Crippen molar-refractivity contribution in [2.24, 2.45) is 0 Å². The lowest BCUT2D eigenvalue weighted by molar-refractivity contribution is -0.148. The summed E-state index contributed by atoms with van der Waals surface area (Å²) in [5.41, 5.74) is 1.28. The van der Waals surface area contributed by atoms with Crippen molar-refractivity contribution in [1.29, 1.82) is 0 Å². The molecule has 1 aliphatic rings. The van der Waals surface area contributed by atoms with Gasteiger partial charge in [0.15, 0.2) is 0 Å². The molecule has 0 spiro atoms. The van der Waals surface area contributed by atoms with Gasteiger partial charge in [-0.2, -0.15) is 8.78 Å². The Balaban J connectivity index is 1.76. The van der Waals surface area contributed by atoms with E-state index in [1.54, 1.807) is 12.2 Å². The summed E-state index contributed by atoms with van der Waals surface area (Å²) >= 11 is 0. The third kappa shape index (κ3) is 7.88. The average molecular weight is 408 g/mol. The van der Waals surface area contributed by atoms with Gasteiger partial charge in [-0.15, -0.1) is 0 Å². The van der Waals surface area contributed by atoms with Crippen LogP contribution in [0.3, 0.4) is 0 Å². The van der Waals surface area contributed by atoms with Crippen LogP contribution in [0.2, 0.25) is 0 Å². The number of nitrogens with zero attached hydrogens (tertiary/aromatic N) is 1. The number of unbranched alkanes of at least 4 members (excludes halogenated alkanes) is 5. The molecule has 1 fully saturated rings. The predicted octanol–water partition coefficient (Wildman–Crippen LogP) is 5.52. The van der Waals surface area contributed by atoms with Gasteiger partial charge in [-0.05, 0) is 31.2 Å². The van der Waals surface area contributed by atoms with E-state index in [1.165, 1.54) is 10.5 Å². The number of likely N-dealkylation sites (tertiary alicyclic amines) is 1. The van der Waals surface area contributed by atoms with Crippen LogP contribution in [0.1, 0.15) is 70.3 Å². The first-order chi connectivity index (χ1) is 13.9. The van der Waals surface area contributed by atoms with E-state index in [1.807, 2.05) is 18.2 Å². The van der Waals surface area contributed by atoms with Gasteiger partial charge in [-0.25, -0.2) is 0 Å². The molecule has 0 radical (unpaired) electrons. The number of carbonyl (C=O) groups excluding carboxylic acids is 1. The molecule has 1 amide bonds. The summed E-state index contributed by atoms with van der Waals surface area (Å²) in [5, 5.41) is 10.2. The van der Waals surface area contributed by atoms with Crippen molar-refractivity contribution in [3.8, 4) is 0 Å². The van der Waals surface area contributed by atoms with Crippen LogP contribution in [-0.2, 0) is 11.2 Å². The number of carbonyl (C=O) groups is 1. The van der Waals surface area contributed by atoms with Crippen molar-refractivity contribution in [3.05, 3.63) is 48.0 Å². The molecule has 0 aromatic heterocycles. The zero-order valence-corrected chi connectivity index (χ0v) is 17.5. The first-order valence-corrected chi connectivity index (χ1v) is 11.0. The van der Waals surface area contributed by atoms with Gasteiger partial charge in [0.2, 0.25) is 0 Å². The number of halogens is 2. The molecule has 1 heterocycles. The summed E-state index contributed by atoms with van der Waals surface area (Å²) in [6.45, 7) is 2.48. The van der Waals surface area contributed by atoms with Gasteiger partial charge in [0, 0.05) is 13.0 Å². The number of rotatable bonds is 13. The molecular formula is C24H35F2NO2. The molecular weight excluding hydrogens is 372 g/mol. The Kier molecular flexibility index (Phi) is 9.79. The second-order valence-electron chi connectivity index (χ2n) is 8.07. The molecule has 3 nitrogen and oxygen atoms in total. The lowest BCUT2D eigenvalue weighted by atomic mass is 10.0. The van der Waals surface area contributed by atoms with Crippen molar-refractivity contribution in [2.75, 3.05) is 6.54 Å². The smallest absolute Gasteiger partial charge is 0.327 e. The van der Waals surface area contributed by atoms with Crippen LogP contribution in [0.5, 0.6) is 0 Å². The van der Waals surface area contributed by atoms with Gasteiger partial charge < -0.3 is 10.0 Å². The molecule has 0 aliphatic carbocycles. The second-order valence-corrected chi connectivity index (χ2v) is 8.07. The van der Waals surface area contributed by atoms with E-state index in [2.05, 4.69) is 19.1 Å². The lowest BCUT2D eigenvalue weighted by Gasteiger charge is -2.22. The maximum Gasteiger partial charge on any atom is 0.327 e. The number of alkyl halides is 2. The summed E-state index contributed by atoms with van der Waals surface area (Å²) in [6, 6.07) is 9.57. The molecule has 2 rings (SSSR count). The van der Waals surface area contributed by atoms with Crippen LogP contribution < -0.4 is 0 Å². The highest BCUT2D eigenvalue weighted by Gasteiger charge is 2.52. The minimum atomic E-state index is -3.29. The molecule has 162 valence electrons. The van der Waals surface area contributed by atoms with E-state index >= 15 is 0 Å². The number of hydrogen-bond acceptors (Lipinski definition) is 2. The van der Waals surface area contributed by atoms with Crippen molar-refractivity contribution in [1.82, 2.24) is 4.90 Å². The first kappa shape index (κ1) is 23.5. The number of aliphatic hydroxyl groups excluding tert-OH is 1. The summed E-state index contributed by atoms with van der Waals surface area (Å²) in [6.07, 6.45) is 10.4. The molecule has 29 heavy (non-hydrogen) atoms. The second kappa shape index (κ2) is 12.1. The van der Waals surface area contributed by atoms with Gasteiger partial charge >= 0.3 is 5.92 Å². The highest BCUT2D eigenvalue weighted by atomic mass is 19.3. The third-order valence-electron chi connectivity index (χ3n) is 5.56. The Hall–Kier alpha value is -1.75. The fourth-order valence-corrected chi connectivity index (χ4v) is 3.83. The normalized spacial score (nSPS) is 19.9. The van der Waals surface area contributed by atoms with Crippen molar-refractivity contribution < 1.29 is 18.7 Å². The number of hydrogen-bond donors (Lipinski definition) is 1. The molecule has 0 saturated carbocycles. The minimum absolute atomic E-state index is 0.361. The zero-order chi connectivity index (χ0) is 21.1. The van der Waals surface area contributed by atoms with Gasteiger partial charge in [0.25, 0.3) is 5.91 Å². The maximum atomic E-state index is 13.9. The number of aryl methyl sites for hydroxylation is 1. The Morgan fingerprint density at radius 3 is 2.59 bits per heavy atom. The van der Waals surface area contributed by atoms with Crippen LogP contribution in [0.4, 0.5) is 8.78 Å². The molecule has 1 aromatic rings. The largest absolute Gasteiger partial charge is 0.389 e. The van der Waals surface area contributed by atoms with Crippen LogP contribution >= 0.6 is 0 Å². The molecule has 2 atom stereocenters. The zero-order valence-electron chi connectivity index (χ0n) is 17.5. The Morgan fingerprint density at radius 2 is 1.86 bits per heavy atom.